The fourth-order valence-electron chi connectivity index (χ4n) is 5.88. The first-order valence-corrected chi connectivity index (χ1v) is 19.8. The van der Waals surface area contributed by atoms with Crippen molar-refractivity contribution in [3.63, 3.8) is 0 Å². The largest absolute Gasteiger partial charge is 0.465 e. The van der Waals surface area contributed by atoms with Crippen molar-refractivity contribution in [1.29, 1.82) is 0 Å². The van der Waals surface area contributed by atoms with Crippen LogP contribution in [-0.2, 0) is 19.1 Å². The molecule has 0 aromatic heterocycles. The average Bonchev–Trinajstić information content (AvgIpc) is 3.53. The number of nitrogens with one attached hydrogen (secondary N) is 1. The lowest BCUT2D eigenvalue weighted by Crippen LogP contribution is -2.25. The number of hydrogen-bond acceptors (Lipinski definition) is 5. The highest BCUT2D eigenvalue weighted by Crippen LogP contribution is 2.19. The summed E-state index contributed by atoms with van der Waals surface area (Å²) in [6.07, 6.45) is 45.2. The zero-order chi connectivity index (χ0) is 33.9. The summed E-state index contributed by atoms with van der Waals surface area (Å²) in [5, 5.41) is 3.37. The molecule has 270 valence electrons. The Morgan fingerprint density at radius 3 is 1.21 bits per heavy atom. The van der Waals surface area contributed by atoms with Gasteiger partial charge in [0.2, 0.25) is 0 Å². The molecular weight excluding hydrogens is 582 g/mol. The minimum Gasteiger partial charge on any atom is -0.465 e. The average molecular weight is 656 g/mol. The van der Waals surface area contributed by atoms with Crippen LogP contribution in [0.1, 0.15) is 168 Å². The van der Waals surface area contributed by atoms with Crippen LogP contribution < -0.4 is 5.32 Å². The molecule has 0 amide bonds. The summed E-state index contributed by atoms with van der Waals surface area (Å²) in [5.74, 6) is 0.235. The Morgan fingerprint density at radius 1 is 0.489 bits per heavy atom. The SMILES string of the molecule is CCCCCC=CCC=CCCCCCCCC(=O)OCC1CNCC1COC(=O)CCCCCCCC=CCC=CCCCCC. The summed E-state index contributed by atoms with van der Waals surface area (Å²) < 4.78 is 11.2. The van der Waals surface area contributed by atoms with Crippen LogP contribution >= 0.6 is 0 Å². The Balaban J connectivity index is 1.95. The lowest BCUT2D eigenvalue weighted by atomic mass is 9.98. The number of hydrogen-bond donors (Lipinski definition) is 1. The summed E-state index contributed by atoms with van der Waals surface area (Å²) in [5.41, 5.74) is 0. The fraction of sp³-hybridized carbons (Fsp3) is 0.762. The zero-order valence-electron chi connectivity index (χ0n) is 30.7. The Kier molecular flexibility index (Phi) is 30.8. The summed E-state index contributed by atoms with van der Waals surface area (Å²) in [4.78, 5) is 24.6. The molecule has 1 aliphatic heterocycles. The van der Waals surface area contributed by atoms with E-state index in [4.69, 9.17) is 9.47 Å². The summed E-state index contributed by atoms with van der Waals surface area (Å²) in [6, 6.07) is 0. The molecule has 2 atom stereocenters. The summed E-state index contributed by atoms with van der Waals surface area (Å²) >= 11 is 0. The van der Waals surface area contributed by atoms with E-state index in [2.05, 4.69) is 67.8 Å². The van der Waals surface area contributed by atoms with Crippen LogP contribution in [0.2, 0.25) is 0 Å². The van der Waals surface area contributed by atoms with Gasteiger partial charge >= 0.3 is 11.9 Å². The smallest absolute Gasteiger partial charge is 0.305 e. The third-order valence-corrected chi connectivity index (χ3v) is 9.06. The van der Waals surface area contributed by atoms with E-state index in [0.29, 0.717) is 26.1 Å². The van der Waals surface area contributed by atoms with Gasteiger partial charge in [-0.2, -0.15) is 0 Å². The first-order chi connectivity index (χ1) is 23.2. The topological polar surface area (TPSA) is 64.6 Å². The zero-order valence-corrected chi connectivity index (χ0v) is 30.7. The highest BCUT2D eigenvalue weighted by molar-refractivity contribution is 5.69. The first-order valence-electron chi connectivity index (χ1n) is 19.8. The van der Waals surface area contributed by atoms with Crippen LogP contribution in [0.15, 0.2) is 48.6 Å². The third-order valence-electron chi connectivity index (χ3n) is 9.06. The molecule has 1 saturated heterocycles. The van der Waals surface area contributed by atoms with Crippen molar-refractivity contribution in [2.45, 2.75) is 168 Å². The number of unbranched alkanes of at least 4 members (excludes halogenated alkanes) is 16. The van der Waals surface area contributed by atoms with Gasteiger partial charge in [0.25, 0.3) is 0 Å². The molecule has 47 heavy (non-hydrogen) atoms. The van der Waals surface area contributed by atoms with Crippen LogP contribution in [-0.4, -0.2) is 38.2 Å². The van der Waals surface area contributed by atoms with Crippen LogP contribution in [0.25, 0.3) is 0 Å². The molecule has 0 aromatic rings. The first kappa shape index (κ1) is 42.9. The minimum atomic E-state index is -0.0975. The van der Waals surface area contributed by atoms with Crippen molar-refractivity contribution in [2.75, 3.05) is 26.3 Å². The van der Waals surface area contributed by atoms with E-state index in [1.807, 2.05) is 0 Å². The Bertz CT molecular complexity index is 778. The van der Waals surface area contributed by atoms with Crippen molar-refractivity contribution in [3.05, 3.63) is 48.6 Å². The Hall–Kier alpha value is -2.14. The van der Waals surface area contributed by atoms with E-state index in [1.165, 1.54) is 89.9 Å². The molecule has 0 bridgehead atoms. The molecule has 0 saturated carbocycles. The predicted octanol–water partition coefficient (Wildman–Crippen LogP) is 11.5. The van der Waals surface area contributed by atoms with Crippen molar-refractivity contribution in [2.24, 2.45) is 11.8 Å². The number of allylic oxidation sites excluding steroid dienone is 8. The van der Waals surface area contributed by atoms with Gasteiger partial charge in [0.05, 0.1) is 13.2 Å². The normalized spacial score (nSPS) is 16.8. The van der Waals surface area contributed by atoms with Crippen molar-refractivity contribution in [1.82, 2.24) is 5.32 Å². The molecule has 0 aliphatic carbocycles. The highest BCUT2D eigenvalue weighted by atomic mass is 16.5. The highest BCUT2D eigenvalue weighted by Gasteiger charge is 2.29. The van der Waals surface area contributed by atoms with E-state index < -0.39 is 0 Å². The Morgan fingerprint density at radius 2 is 0.830 bits per heavy atom. The van der Waals surface area contributed by atoms with Crippen LogP contribution in [0.4, 0.5) is 0 Å². The van der Waals surface area contributed by atoms with E-state index >= 15 is 0 Å². The molecule has 1 aliphatic rings. The number of esters is 2. The molecule has 5 heteroatoms. The van der Waals surface area contributed by atoms with Gasteiger partial charge in [-0.1, -0.05) is 127 Å². The number of rotatable bonds is 32. The molecular formula is C42H73NO4. The van der Waals surface area contributed by atoms with E-state index in [-0.39, 0.29) is 23.8 Å². The van der Waals surface area contributed by atoms with Gasteiger partial charge in [-0.25, -0.2) is 0 Å². The molecule has 1 heterocycles. The van der Waals surface area contributed by atoms with Crippen molar-refractivity contribution < 1.29 is 19.1 Å². The summed E-state index contributed by atoms with van der Waals surface area (Å²) in [7, 11) is 0. The lowest BCUT2D eigenvalue weighted by molar-refractivity contribution is -0.149. The van der Waals surface area contributed by atoms with E-state index in [1.54, 1.807) is 0 Å². The van der Waals surface area contributed by atoms with E-state index in [9.17, 15) is 9.59 Å². The van der Waals surface area contributed by atoms with Crippen LogP contribution in [0.5, 0.6) is 0 Å². The second kappa shape index (κ2) is 33.7. The minimum absolute atomic E-state index is 0.0975. The van der Waals surface area contributed by atoms with Gasteiger partial charge in [-0.3, -0.25) is 9.59 Å². The van der Waals surface area contributed by atoms with Gasteiger partial charge in [0.15, 0.2) is 0 Å². The molecule has 0 radical (unpaired) electrons. The van der Waals surface area contributed by atoms with Gasteiger partial charge < -0.3 is 14.8 Å². The second-order valence-corrected chi connectivity index (χ2v) is 13.5. The second-order valence-electron chi connectivity index (χ2n) is 13.5. The van der Waals surface area contributed by atoms with Gasteiger partial charge in [-0.15, -0.1) is 0 Å². The molecule has 1 rings (SSSR count). The molecule has 2 unspecified atom stereocenters. The number of carbonyl (C=O) groups is 2. The van der Waals surface area contributed by atoms with Crippen LogP contribution in [0, 0.1) is 11.8 Å². The lowest BCUT2D eigenvalue weighted by Gasteiger charge is -2.18. The Labute approximate surface area is 290 Å². The molecule has 0 spiro atoms. The van der Waals surface area contributed by atoms with Gasteiger partial charge in [0, 0.05) is 37.8 Å². The fourth-order valence-corrected chi connectivity index (χ4v) is 5.88. The third kappa shape index (κ3) is 28.6. The standard InChI is InChI=1S/C42H73NO4/c1-3-5-7-9-11-13-15-17-19-21-23-25-27-29-31-33-41(44)46-37-39-35-43-36-40(39)38-47-42(45)34-32-30-28-26-24-22-20-18-16-14-12-10-8-6-4-2/h11-14,17-20,39-40,43H,3-10,15-16,21-38H2,1-2H3. The van der Waals surface area contributed by atoms with E-state index in [0.717, 1.165) is 64.5 Å². The molecule has 1 fully saturated rings. The molecule has 0 aromatic carbocycles. The van der Waals surface area contributed by atoms with Gasteiger partial charge in [0.1, 0.15) is 0 Å². The maximum Gasteiger partial charge on any atom is 0.305 e. The summed E-state index contributed by atoms with van der Waals surface area (Å²) in [6.45, 7) is 6.94. The van der Waals surface area contributed by atoms with Crippen LogP contribution in [0.3, 0.4) is 0 Å². The predicted molar refractivity (Wildman–Crippen MR) is 200 cm³/mol. The monoisotopic (exact) mass is 656 g/mol. The number of carbonyl (C=O) groups excluding carboxylic acids is 2. The van der Waals surface area contributed by atoms with Gasteiger partial charge in [-0.05, 0) is 77.0 Å². The maximum atomic E-state index is 12.3. The quantitative estimate of drug-likeness (QED) is 0.0444. The molecule has 5 nitrogen and oxygen atoms in total. The maximum absolute atomic E-state index is 12.3. The number of ether oxygens (including phenoxy) is 2. The van der Waals surface area contributed by atoms with Crippen molar-refractivity contribution >= 4 is 11.9 Å². The van der Waals surface area contributed by atoms with Crippen molar-refractivity contribution in [3.8, 4) is 0 Å². The molecule has 1 N–H and O–H groups in total.